The molecule has 0 saturated heterocycles. The van der Waals surface area contributed by atoms with E-state index in [0.717, 1.165) is 0 Å². The number of carbonyl (C=O) groups is 2. The van der Waals surface area contributed by atoms with Gasteiger partial charge in [0.1, 0.15) is 6.42 Å². The monoisotopic (exact) mass is 143 g/mol. The third-order valence-corrected chi connectivity index (χ3v) is 0.809. The molecule has 0 aromatic rings. The fraction of sp³-hybridized carbons (Fsp3) is 0.400. The number of aliphatic carboxylic acids is 2. The Bertz CT molecular complexity index is 192. The van der Waals surface area contributed by atoms with Gasteiger partial charge in [0.05, 0.1) is 0 Å². The summed E-state index contributed by atoms with van der Waals surface area (Å²) >= 11 is 0. The van der Waals surface area contributed by atoms with Crippen molar-refractivity contribution in [2.45, 2.75) is 12.5 Å². The lowest BCUT2D eigenvalue weighted by atomic mass is 10.2. The Labute approximate surface area is 56.7 Å². The molecule has 0 aromatic heterocycles. The molecule has 1 atom stereocenters. The van der Waals surface area contributed by atoms with E-state index in [0.29, 0.717) is 0 Å². The first-order valence-electron chi connectivity index (χ1n) is 2.39. The predicted octanol–water partition coefficient (Wildman–Crippen LogP) is -0.166. The largest absolute Gasteiger partial charge is 0.481 e. The predicted molar refractivity (Wildman–Crippen MR) is 30.3 cm³/mol. The van der Waals surface area contributed by atoms with Gasteiger partial charge in [0.15, 0.2) is 0 Å². The van der Waals surface area contributed by atoms with Crippen molar-refractivity contribution in [1.29, 1.82) is 0 Å². The van der Waals surface area contributed by atoms with Gasteiger partial charge in [-0.15, -0.1) is 0 Å². The summed E-state index contributed by atoms with van der Waals surface area (Å²) in [5.41, 5.74) is 0. The fourth-order valence-electron chi connectivity index (χ4n) is 0.354. The van der Waals surface area contributed by atoms with E-state index in [4.69, 9.17) is 16.8 Å². The summed E-state index contributed by atoms with van der Waals surface area (Å²) in [7, 11) is 0. The Morgan fingerprint density at radius 2 is 2.00 bits per heavy atom. The SMILES string of the molecule is [C-]#[N+]C(CC(=O)O)C(=O)O. The van der Waals surface area contributed by atoms with Gasteiger partial charge in [0.25, 0.3) is 0 Å². The quantitative estimate of drug-likeness (QED) is 0.537. The van der Waals surface area contributed by atoms with Gasteiger partial charge in [0.2, 0.25) is 0 Å². The molecule has 0 saturated carbocycles. The third kappa shape index (κ3) is 2.67. The van der Waals surface area contributed by atoms with Crippen molar-refractivity contribution in [2.24, 2.45) is 0 Å². The highest BCUT2D eigenvalue weighted by molar-refractivity contribution is 5.82. The number of hydrogen-bond acceptors (Lipinski definition) is 2. The normalized spacial score (nSPS) is 11.5. The van der Waals surface area contributed by atoms with Gasteiger partial charge in [-0.2, -0.15) is 0 Å². The van der Waals surface area contributed by atoms with E-state index in [1.54, 1.807) is 0 Å². The van der Waals surface area contributed by atoms with Crippen LogP contribution < -0.4 is 0 Å². The van der Waals surface area contributed by atoms with Crippen LogP contribution in [-0.2, 0) is 9.59 Å². The molecule has 0 aliphatic rings. The second-order valence-electron chi connectivity index (χ2n) is 1.58. The summed E-state index contributed by atoms with van der Waals surface area (Å²) in [6, 6.07) is -1.45. The Morgan fingerprint density at radius 1 is 1.50 bits per heavy atom. The zero-order valence-corrected chi connectivity index (χ0v) is 4.94. The topological polar surface area (TPSA) is 79.0 Å². The average Bonchev–Trinajstić information content (AvgIpc) is 1.81. The first-order chi connectivity index (χ1) is 4.57. The summed E-state index contributed by atoms with van der Waals surface area (Å²) < 4.78 is 0. The zero-order valence-electron chi connectivity index (χ0n) is 4.94. The summed E-state index contributed by atoms with van der Waals surface area (Å²) in [4.78, 5) is 22.5. The Hall–Kier alpha value is -1.57. The van der Waals surface area contributed by atoms with Crippen LogP contribution in [0.5, 0.6) is 0 Å². The highest BCUT2D eigenvalue weighted by Crippen LogP contribution is 1.96. The van der Waals surface area contributed by atoms with Crippen LogP contribution >= 0.6 is 0 Å². The molecule has 2 N–H and O–H groups in total. The number of nitrogens with zero attached hydrogens (tertiary/aromatic N) is 1. The van der Waals surface area contributed by atoms with Gasteiger partial charge >= 0.3 is 18.0 Å². The summed E-state index contributed by atoms with van der Waals surface area (Å²) in [6.45, 7) is 6.26. The molecule has 1 unspecified atom stereocenters. The lowest BCUT2D eigenvalue weighted by molar-refractivity contribution is -0.144. The zero-order chi connectivity index (χ0) is 8.15. The minimum atomic E-state index is -1.45. The van der Waals surface area contributed by atoms with Crippen LogP contribution in [-0.4, -0.2) is 28.2 Å². The second-order valence-corrected chi connectivity index (χ2v) is 1.58. The van der Waals surface area contributed by atoms with Crippen LogP contribution in [0.2, 0.25) is 0 Å². The van der Waals surface area contributed by atoms with Crippen molar-refractivity contribution in [3.8, 4) is 0 Å². The van der Waals surface area contributed by atoms with Crippen LogP contribution in [0.1, 0.15) is 6.42 Å². The number of hydrogen-bond donors (Lipinski definition) is 2. The molecule has 0 aromatic carbocycles. The molecule has 0 amide bonds. The maximum atomic E-state index is 9.99. The van der Waals surface area contributed by atoms with Gasteiger partial charge < -0.3 is 15.1 Å². The molecule has 54 valence electrons. The van der Waals surface area contributed by atoms with Gasteiger partial charge in [-0.25, -0.2) is 11.4 Å². The standard InChI is InChI=1S/C5H5NO4/c1-6-3(5(9)10)2-4(7)8/h3H,2H2,(H,7,8)(H,9,10). The molecule has 0 radical (unpaired) electrons. The van der Waals surface area contributed by atoms with Crippen LogP contribution in [0.4, 0.5) is 0 Å². The van der Waals surface area contributed by atoms with Gasteiger partial charge in [0, 0.05) is 0 Å². The van der Waals surface area contributed by atoms with Gasteiger partial charge in [-0.05, 0) is 0 Å². The van der Waals surface area contributed by atoms with Crippen molar-refractivity contribution in [1.82, 2.24) is 0 Å². The van der Waals surface area contributed by atoms with Gasteiger partial charge in [-0.1, -0.05) is 0 Å². The average molecular weight is 143 g/mol. The molecular formula is C5H5NO4. The maximum absolute atomic E-state index is 9.99. The van der Waals surface area contributed by atoms with Crippen molar-refractivity contribution < 1.29 is 19.8 Å². The molecule has 10 heavy (non-hydrogen) atoms. The van der Waals surface area contributed by atoms with Crippen molar-refractivity contribution in [3.63, 3.8) is 0 Å². The van der Waals surface area contributed by atoms with E-state index in [1.165, 1.54) is 0 Å². The lowest BCUT2D eigenvalue weighted by Gasteiger charge is -1.92. The molecule has 0 aliphatic carbocycles. The Kier molecular flexibility index (Phi) is 2.91. The summed E-state index contributed by atoms with van der Waals surface area (Å²) in [5.74, 6) is -2.67. The third-order valence-electron chi connectivity index (χ3n) is 0.809. The minimum Gasteiger partial charge on any atom is -0.481 e. The minimum absolute atomic E-state index is 0.640. The molecule has 0 spiro atoms. The lowest BCUT2D eigenvalue weighted by Crippen LogP contribution is -2.19. The molecule has 0 rings (SSSR count). The van der Waals surface area contributed by atoms with Crippen LogP contribution in [0.3, 0.4) is 0 Å². The molecule has 0 fully saturated rings. The van der Waals surface area contributed by atoms with E-state index in [-0.39, 0.29) is 0 Å². The molecule has 5 heteroatoms. The smallest absolute Gasteiger partial charge is 0.388 e. The van der Waals surface area contributed by atoms with Crippen molar-refractivity contribution in [2.75, 3.05) is 0 Å². The number of carboxylic acids is 2. The Balaban J connectivity index is 4.00. The first kappa shape index (κ1) is 8.43. The molecular weight excluding hydrogens is 138 g/mol. The molecule has 5 nitrogen and oxygen atoms in total. The first-order valence-corrected chi connectivity index (χ1v) is 2.39. The highest BCUT2D eigenvalue weighted by atomic mass is 16.4. The summed E-state index contributed by atoms with van der Waals surface area (Å²) in [6.07, 6.45) is -0.640. The Morgan fingerprint density at radius 3 is 2.10 bits per heavy atom. The molecule has 0 bridgehead atoms. The van der Waals surface area contributed by atoms with Crippen molar-refractivity contribution in [3.05, 3.63) is 11.4 Å². The van der Waals surface area contributed by atoms with E-state index in [9.17, 15) is 9.59 Å². The maximum Gasteiger partial charge on any atom is 0.388 e. The van der Waals surface area contributed by atoms with Crippen molar-refractivity contribution >= 4 is 11.9 Å². The van der Waals surface area contributed by atoms with E-state index >= 15 is 0 Å². The number of rotatable bonds is 3. The molecule has 0 heterocycles. The number of carboxylic acid groups (broad SMARTS) is 2. The fourth-order valence-corrected chi connectivity index (χ4v) is 0.354. The van der Waals surface area contributed by atoms with Crippen LogP contribution in [0.25, 0.3) is 4.85 Å². The van der Waals surface area contributed by atoms with E-state index in [1.807, 2.05) is 0 Å². The van der Waals surface area contributed by atoms with Crippen LogP contribution in [0, 0.1) is 6.57 Å². The van der Waals surface area contributed by atoms with Crippen LogP contribution in [0.15, 0.2) is 0 Å². The van der Waals surface area contributed by atoms with Gasteiger partial charge in [-0.3, -0.25) is 4.79 Å². The molecule has 0 aliphatic heterocycles. The summed E-state index contributed by atoms with van der Waals surface area (Å²) in [5, 5.41) is 16.2. The highest BCUT2D eigenvalue weighted by Gasteiger charge is 2.25. The van der Waals surface area contributed by atoms with E-state index < -0.39 is 24.4 Å². The van der Waals surface area contributed by atoms with E-state index in [2.05, 4.69) is 4.85 Å². The second kappa shape index (κ2) is 3.45.